The van der Waals surface area contributed by atoms with Crippen LogP contribution in [0.2, 0.25) is 0 Å². The van der Waals surface area contributed by atoms with Crippen LogP contribution in [-0.2, 0) is 0 Å². The summed E-state index contributed by atoms with van der Waals surface area (Å²) in [5, 5.41) is 0. The van der Waals surface area contributed by atoms with Gasteiger partial charge in [0.25, 0.3) is 0 Å². The third-order valence-electron chi connectivity index (χ3n) is 4.14. The molecular weight excluding hydrogens is 254 g/mol. The molecule has 110 valence electrons. The lowest BCUT2D eigenvalue weighted by molar-refractivity contribution is 0.0816. The van der Waals surface area contributed by atoms with Gasteiger partial charge in [0, 0.05) is 6.07 Å². The predicted octanol–water partition coefficient (Wildman–Crippen LogP) is 2.79. The molecule has 1 aromatic carbocycles. The van der Waals surface area contributed by atoms with Gasteiger partial charge in [0.15, 0.2) is 5.78 Å². The molecule has 0 spiro atoms. The molecule has 0 heterocycles. The average molecular weight is 277 g/mol. The normalized spacial score (nSPS) is 26.1. The molecule has 0 amide bonds. The van der Waals surface area contributed by atoms with Gasteiger partial charge in [-0.1, -0.05) is 19.8 Å². The first-order valence-corrected chi connectivity index (χ1v) is 7.06. The lowest BCUT2D eigenvalue weighted by Gasteiger charge is -2.35. The molecule has 2 N–H and O–H groups in total. The van der Waals surface area contributed by atoms with E-state index in [1.165, 1.54) is 0 Å². The first-order valence-electron chi connectivity index (χ1n) is 7.06. The smallest absolute Gasteiger partial charge is 0.186 e. The Balaban J connectivity index is 2.32. The Labute approximate surface area is 120 Å². The molecular formula is C16H23NO3. The van der Waals surface area contributed by atoms with Crippen LogP contribution in [0.3, 0.4) is 0 Å². The van der Waals surface area contributed by atoms with Gasteiger partial charge in [0.05, 0.1) is 25.3 Å². The topological polar surface area (TPSA) is 61.5 Å². The lowest BCUT2D eigenvalue weighted by Crippen LogP contribution is -2.51. The van der Waals surface area contributed by atoms with Crippen LogP contribution in [0.1, 0.15) is 43.0 Å². The van der Waals surface area contributed by atoms with Crippen molar-refractivity contribution in [1.29, 1.82) is 0 Å². The highest BCUT2D eigenvalue weighted by Crippen LogP contribution is 2.35. The van der Waals surface area contributed by atoms with Gasteiger partial charge >= 0.3 is 0 Å². The minimum absolute atomic E-state index is 0.0245. The third-order valence-corrected chi connectivity index (χ3v) is 4.14. The zero-order valence-electron chi connectivity index (χ0n) is 12.4. The van der Waals surface area contributed by atoms with Crippen LogP contribution < -0.4 is 15.2 Å². The summed E-state index contributed by atoms with van der Waals surface area (Å²) in [6, 6.07) is 5.24. The van der Waals surface area contributed by atoms with E-state index in [1.807, 2.05) is 0 Å². The number of hydrogen-bond donors (Lipinski definition) is 1. The van der Waals surface area contributed by atoms with E-state index in [1.54, 1.807) is 32.4 Å². The summed E-state index contributed by atoms with van der Waals surface area (Å²) < 4.78 is 10.5. The second-order valence-electron chi connectivity index (χ2n) is 5.75. The fourth-order valence-electron chi connectivity index (χ4n) is 3.05. The zero-order valence-corrected chi connectivity index (χ0v) is 12.4. The van der Waals surface area contributed by atoms with Crippen molar-refractivity contribution in [3.8, 4) is 11.5 Å². The summed E-state index contributed by atoms with van der Waals surface area (Å²) in [4.78, 5) is 12.8. The largest absolute Gasteiger partial charge is 0.497 e. The van der Waals surface area contributed by atoms with E-state index in [2.05, 4.69) is 6.92 Å². The van der Waals surface area contributed by atoms with Crippen molar-refractivity contribution in [2.45, 2.75) is 38.1 Å². The monoisotopic (exact) mass is 277 g/mol. The maximum Gasteiger partial charge on any atom is 0.186 e. The first-order chi connectivity index (χ1) is 9.50. The van der Waals surface area contributed by atoms with E-state index in [-0.39, 0.29) is 5.78 Å². The number of Topliss-reactive ketones (excluding diaryl/α,β-unsaturated/α-hetero) is 1. The molecule has 2 unspecified atom stereocenters. The Morgan fingerprint density at radius 2 is 2.10 bits per heavy atom. The average Bonchev–Trinajstić information content (AvgIpc) is 2.45. The van der Waals surface area contributed by atoms with Gasteiger partial charge in [-0.15, -0.1) is 0 Å². The molecule has 1 aromatic rings. The van der Waals surface area contributed by atoms with Gasteiger partial charge in [0.1, 0.15) is 11.5 Å². The number of nitrogens with two attached hydrogens (primary N) is 1. The van der Waals surface area contributed by atoms with Crippen molar-refractivity contribution >= 4 is 5.78 Å². The molecule has 1 aliphatic rings. The van der Waals surface area contributed by atoms with Crippen molar-refractivity contribution in [1.82, 2.24) is 0 Å². The van der Waals surface area contributed by atoms with Crippen molar-refractivity contribution < 1.29 is 14.3 Å². The van der Waals surface area contributed by atoms with Crippen LogP contribution in [-0.4, -0.2) is 25.5 Å². The van der Waals surface area contributed by atoms with E-state index >= 15 is 0 Å². The van der Waals surface area contributed by atoms with Gasteiger partial charge < -0.3 is 15.2 Å². The molecule has 2 atom stereocenters. The van der Waals surface area contributed by atoms with Crippen LogP contribution in [0.5, 0.6) is 11.5 Å². The van der Waals surface area contributed by atoms with Crippen LogP contribution in [0.25, 0.3) is 0 Å². The molecule has 2 rings (SSSR count). The second kappa shape index (κ2) is 5.83. The Bertz CT molecular complexity index is 500. The summed E-state index contributed by atoms with van der Waals surface area (Å²) in [6.45, 7) is 2.15. The van der Waals surface area contributed by atoms with Crippen molar-refractivity contribution in [3.05, 3.63) is 23.8 Å². The molecule has 4 heteroatoms. The fourth-order valence-corrected chi connectivity index (χ4v) is 3.05. The minimum Gasteiger partial charge on any atom is -0.497 e. The van der Waals surface area contributed by atoms with E-state index in [0.717, 1.165) is 25.7 Å². The third kappa shape index (κ3) is 2.80. The minimum atomic E-state index is -0.764. The highest BCUT2D eigenvalue weighted by Gasteiger charge is 2.39. The van der Waals surface area contributed by atoms with E-state index in [9.17, 15) is 4.79 Å². The molecule has 0 aromatic heterocycles. The van der Waals surface area contributed by atoms with Gasteiger partial charge in [-0.3, -0.25) is 4.79 Å². The van der Waals surface area contributed by atoms with Crippen LogP contribution in [0.15, 0.2) is 18.2 Å². The molecule has 0 radical (unpaired) electrons. The number of carbonyl (C=O) groups is 1. The number of rotatable bonds is 4. The van der Waals surface area contributed by atoms with E-state index in [4.69, 9.17) is 15.2 Å². The first kappa shape index (κ1) is 14.9. The van der Waals surface area contributed by atoms with Crippen molar-refractivity contribution in [3.63, 3.8) is 0 Å². The Morgan fingerprint density at radius 3 is 2.70 bits per heavy atom. The Morgan fingerprint density at radius 1 is 1.35 bits per heavy atom. The van der Waals surface area contributed by atoms with Crippen molar-refractivity contribution in [2.24, 2.45) is 11.7 Å². The zero-order chi connectivity index (χ0) is 14.8. The molecule has 0 bridgehead atoms. The van der Waals surface area contributed by atoms with Gasteiger partial charge in [0.2, 0.25) is 0 Å². The van der Waals surface area contributed by atoms with Crippen LogP contribution in [0, 0.1) is 5.92 Å². The van der Waals surface area contributed by atoms with E-state index in [0.29, 0.717) is 23.0 Å². The summed E-state index contributed by atoms with van der Waals surface area (Å²) in [5.74, 6) is 1.66. The summed E-state index contributed by atoms with van der Waals surface area (Å²) in [5.41, 5.74) is 6.16. The lowest BCUT2D eigenvalue weighted by atomic mass is 9.73. The Hall–Kier alpha value is -1.55. The molecule has 20 heavy (non-hydrogen) atoms. The van der Waals surface area contributed by atoms with Gasteiger partial charge in [-0.05, 0) is 30.9 Å². The standard InChI is InChI=1S/C16H23NO3/c1-11-5-4-8-16(17,10-11)15(18)13-7-6-12(19-2)9-14(13)20-3/h6-7,9,11H,4-5,8,10,17H2,1-3H3. The fraction of sp³-hybridized carbons (Fsp3) is 0.562. The number of ether oxygens (including phenoxy) is 2. The van der Waals surface area contributed by atoms with Crippen LogP contribution >= 0.6 is 0 Å². The number of benzene rings is 1. The maximum atomic E-state index is 12.8. The SMILES string of the molecule is COc1ccc(C(=O)C2(N)CCCC(C)C2)c(OC)c1. The number of hydrogen-bond acceptors (Lipinski definition) is 4. The highest BCUT2D eigenvalue weighted by molar-refractivity contribution is 6.05. The molecule has 1 fully saturated rings. The van der Waals surface area contributed by atoms with Crippen molar-refractivity contribution in [2.75, 3.05) is 14.2 Å². The van der Waals surface area contributed by atoms with Crippen LogP contribution in [0.4, 0.5) is 0 Å². The quantitative estimate of drug-likeness (QED) is 0.860. The summed E-state index contributed by atoms with van der Waals surface area (Å²) in [7, 11) is 3.14. The number of methoxy groups -OCH3 is 2. The predicted molar refractivity (Wildman–Crippen MR) is 78.4 cm³/mol. The molecule has 4 nitrogen and oxygen atoms in total. The molecule has 0 aliphatic heterocycles. The summed E-state index contributed by atoms with van der Waals surface area (Å²) >= 11 is 0. The summed E-state index contributed by atoms with van der Waals surface area (Å²) in [6.07, 6.45) is 3.63. The molecule has 1 saturated carbocycles. The molecule has 1 aliphatic carbocycles. The number of carbonyl (C=O) groups excluding carboxylic acids is 1. The molecule has 0 saturated heterocycles. The second-order valence-corrected chi connectivity index (χ2v) is 5.75. The number of ketones is 1. The van der Waals surface area contributed by atoms with Gasteiger partial charge in [-0.2, -0.15) is 0 Å². The highest BCUT2D eigenvalue weighted by atomic mass is 16.5. The van der Waals surface area contributed by atoms with E-state index < -0.39 is 5.54 Å². The van der Waals surface area contributed by atoms with Gasteiger partial charge in [-0.25, -0.2) is 0 Å². The maximum absolute atomic E-state index is 12.8. The Kier molecular flexibility index (Phi) is 4.33.